The maximum atomic E-state index is 3.67. The first-order valence-electron chi connectivity index (χ1n) is 4.40. The van der Waals surface area contributed by atoms with E-state index in [2.05, 4.69) is 27.2 Å². The smallest absolute Gasteiger partial charge is 0 e. The molecular formula is C10H24Y-2. The van der Waals surface area contributed by atoms with E-state index in [-0.39, 0.29) is 32.7 Å². The fourth-order valence-corrected chi connectivity index (χ4v) is 0.333. The summed E-state index contributed by atoms with van der Waals surface area (Å²) in [6, 6.07) is 0. The Hall–Kier alpha value is 1.10. The molecule has 0 saturated carbocycles. The summed E-state index contributed by atoms with van der Waals surface area (Å²) >= 11 is 0. The minimum absolute atomic E-state index is 0. The Labute approximate surface area is 99.4 Å². The van der Waals surface area contributed by atoms with E-state index in [0.717, 1.165) is 6.42 Å². The van der Waals surface area contributed by atoms with Crippen LogP contribution in [0.2, 0.25) is 0 Å². The van der Waals surface area contributed by atoms with E-state index in [1.54, 1.807) is 0 Å². The number of hydrogen-bond acceptors (Lipinski definition) is 0. The zero-order valence-corrected chi connectivity index (χ0v) is 12.0. The van der Waals surface area contributed by atoms with Crippen LogP contribution >= 0.6 is 0 Å². The van der Waals surface area contributed by atoms with Gasteiger partial charge >= 0.3 is 0 Å². The molecule has 0 aromatic rings. The molecule has 0 saturated heterocycles. The van der Waals surface area contributed by atoms with Gasteiger partial charge in [-0.1, -0.05) is 41.5 Å². The maximum absolute atomic E-state index is 3.67. The van der Waals surface area contributed by atoms with Crippen molar-refractivity contribution in [2.24, 2.45) is 5.92 Å². The second-order valence-electron chi connectivity index (χ2n) is 1.77. The average molecular weight is 233 g/mol. The molecule has 0 aromatic heterocycles. The van der Waals surface area contributed by atoms with Crippen LogP contribution in [0.5, 0.6) is 0 Å². The quantitative estimate of drug-likeness (QED) is 0.629. The molecule has 0 bridgehead atoms. The average Bonchev–Trinajstić information content (AvgIpc) is 1.96. The van der Waals surface area contributed by atoms with Crippen molar-refractivity contribution in [2.75, 3.05) is 0 Å². The Bertz CT molecular complexity index is 26.1. The zero-order chi connectivity index (χ0) is 8.99. The molecule has 0 atom stereocenters. The Kier molecular flexibility index (Phi) is 62.9. The number of hydrogen-bond donors (Lipinski definition) is 0. The van der Waals surface area contributed by atoms with Crippen LogP contribution < -0.4 is 0 Å². The summed E-state index contributed by atoms with van der Waals surface area (Å²) in [6.07, 6.45) is 3.14. The van der Waals surface area contributed by atoms with Crippen LogP contribution in [0.1, 0.15) is 48.0 Å². The van der Waals surface area contributed by atoms with Gasteiger partial charge in [0.15, 0.2) is 0 Å². The molecule has 69 valence electrons. The first kappa shape index (κ1) is 22.7. The standard InChI is InChI=1S/C6H12.2C2H6.Y/c1-4-5-6(2)3;2*1-2;/h5-6H,1,4H2,2-3H3;2*1-2H3;/q-2;;;. The van der Waals surface area contributed by atoms with Crippen LogP contribution in [0.25, 0.3) is 0 Å². The molecule has 11 heavy (non-hydrogen) atoms. The minimum atomic E-state index is 0. The third kappa shape index (κ3) is 54.6. The summed E-state index contributed by atoms with van der Waals surface area (Å²) < 4.78 is 0. The van der Waals surface area contributed by atoms with Crippen molar-refractivity contribution < 1.29 is 32.7 Å². The van der Waals surface area contributed by atoms with Crippen LogP contribution in [-0.4, -0.2) is 0 Å². The first-order chi connectivity index (χ1) is 4.77. The molecule has 0 N–H and O–H groups in total. The Balaban J connectivity index is -0.0000000428. The summed E-state index contributed by atoms with van der Waals surface area (Å²) in [4.78, 5) is 0. The molecule has 0 nitrogen and oxygen atoms in total. The monoisotopic (exact) mass is 233 g/mol. The topological polar surface area (TPSA) is 0 Å². The van der Waals surface area contributed by atoms with E-state index in [4.69, 9.17) is 0 Å². The predicted molar refractivity (Wildman–Crippen MR) is 51.8 cm³/mol. The van der Waals surface area contributed by atoms with E-state index < -0.39 is 0 Å². The van der Waals surface area contributed by atoms with E-state index in [1.165, 1.54) is 0 Å². The van der Waals surface area contributed by atoms with Crippen LogP contribution in [-0.2, 0) is 32.7 Å². The zero-order valence-electron chi connectivity index (χ0n) is 9.15. The van der Waals surface area contributed by atoms with Crippen molar-refractivity contribution in [2.45, 2.75) is 48.0 Å². The molecule has 0 aromatic carbocycles. The second-order valence-corrected chi connectivity index (χ2v) is 1.77. The molecule has 1 heteroatoms. The van der Waals surface area contributed by atoms with Crippen molar-refractivity contribution in [3.8, 4) is 0 Å². The SMILES string of the molecule is CC.CC.[CH2-]C[CH-]C(C)C.[Y]. The van der Waals surface area contributed by atoms with Gasteiger partial charge in [-0.3, -0.25) is 0 Å². The largest absolute Gasteiger partial charge is 0.372 e. The molecule has 0 amide bonds. The Morgan fingerprint density at radius 3 is 1.36 bits per heavy atom. The van der Waals surface area contributed by atoms with E-state index in [0.29, 0.717) is 5.92 Å². The molecule has 0 spiro atoms. The second kappa shape index (κ2) is 30.4. The van der Waals surface area contributed by atoms with Gasteiger partial charge in [0.2, 0.25) is 0 Å². The van der Waals surface area contributed by atoms with Gasteiger partial charge in [0.1, 0.15) is 0 Å². The first-order valence-corrected chi connectivity index (χ1v) is 4.40. The molecular weight excluding hydrogens is 209 g/mol. The Morgan fingerprint density at radius 2 is 1.36 bits per heavy atom. The molecule has 0 aliphatic rings. The third-order valence-electron chi connectivity index (χ3n) is 0.638. The molecule has 0 heterocycles. The summed E-state index contributed by atoms with van der Waals surface area (Å²) in [7, 11) is 0. The van der Waals surface area contributed by atoms with E-state index >= 15 is 0 Å². The van der Waals surface area contributed by atoms with Gasteiger partial charge < -0.3 is 19.8 Å². The van der Waals surface area contributed by atoms with Crippen LogP contribution in [0.3, 0.4) is 0 Å². The molecule has 0 rings (SSSR count). The van der Waals surface area contributed by atoms with Gasteiger partial charge in [-0.15, -0.1) is 0 Å². The summed E-state index contributed by atoms with van der Waals surface area (Å²) in [5, 5.41) is 0. The summed E-state index contributed by atoms with van der Waals surface area (Å²) in [5.74, 6) is 0.711. The van der Waals surface area contributed by atoms with Gasteiger partial charge in [-0.05, 0) is 0 Å². The van der Waals surface area contributed by atoms with E-state index in [9.17, 15) is 0 Å². The van der Waals surface area contributed by atoms with Crippen LogP contribution in [0.15, 0.2) is 0 Å². The molecule has 0 fully saturated rings. The number of rotatable bonds is 2. The van der Waals surface area contributed by atoms with Gasteiger partial charge in [0.25, 0.3) is 0 Å². The molecule has 0 aliphatic carbocycles. The van der Waals surface area contributed by atoms with Crippen LogP contribution in [0, 0.1) is 19.3 Å². The van der Waals surface area contributed by atoms with E-state index in [1.807, 2.05) is 27.7 Å². The van der Waals surface area contributed by atoms with Gasteiger partial charge in [-0.2, -0.15) is 5.92 Å². The van der Waals surface area contributed by atoms with Crippen LogP contribution in [0.4, 0.5) is 0 Å². The fourth-order valence-electron chi connectivity index (χ4n) is 0.333. The summed E-state index contributed by atoms with van der Waals surface area (Å²) in [5.41, 5.74) is 0. The van der Waals surface area contributed by atoms with Gasteiger partial charge in [0.05, 0.1) is 0 Å². The maximum Gasteiger partial charge on any atom is 0 e. The molecule has 0 unspecified atom stereocenters. The molecule has 0 aliphatic heterocycles. The molecule has 1 radical (unpaired) electrons. The third-order valence-corrected chi connectivity index (χ3v) is 0.638. The van der Waals surface area contributed by atoms with Crippen molar-refractivity contribution >= 4 is 0 Å². The minimum Gasteiger partial charge on any atom is -0.372 e. The predicted octanol–water partition coefficient (Wildman–Crippen LogP) is 4.12. The van der Waals surface area contributed by atoms with Crippen molar-refractivity contribution in [1.82, 2.24) is 0 Å². The van der Waals surface area contributed by atoms with Crippen molar-refractivity contribution in [3.05, 3.63) is 13.3 Å². The Morgan fingerprint density at radius 1 is 1.09 bits per heavy atom. The van der Waals surface area contributed by atoms with Gasteiger partial charge in [0, 0.05) is 32.7 Å². The van der Waals surface area contributed by atoms with Crippen molar-refractivity contribution in [1.29, 1.82) is 0 Å². The van der Waals surface area contributed by atoms with Gasteiger partial charge in [-0.25, -0.2) is 0 Å². The summed E-state index contributed by atoms with van der Waals surface area (Å²) in [6.45, 7) is 16.0. The normalized spacial score (nSPS) is 6.55. The fraction of sp³-hybridized carbons (Fsp3) is 0.800. The van der Waals surface area contributed by atoms with Crippen molar-refractivity contribution in [3.63, 3.8) is 0 Å².